The molecule has 0 saturated heterocycles. The Morgan fingerprint density at radius 2 is 1.19 bits per heavy atom. The molecule has 0 fully saturated rings. The molecule has 42 heavy (non-hydrogen) atoms. The first-order valence-corrected chi connectivity index (χ1v) is 16.2. The molecule has 0 radical (unpaired) electrons. The maximum absolute atomic E-state index is 12.6. The van der Waals surface area contributed by atoms with Crippen molar-refractivity contribution in [2.75, 3.05) is 4.90 Å². The number of anilines is 1. The van der Waals surface area contributed by atoms with Gasteiger partial charge in [0.05, 0.1) is 0 Å². The van der Waals surface area contributed by atoms with Crippen molar-refractivity contribution in [3.05, 3.63) is 125 Å². The van der Waals surface area contributed by atoms with Gasteiger partial charge in [0, 0.05) is 22.3 Å². The normalized spacial score (nSPS) is 17.4. The van der Waals surface area contributed by atoms with Gasteiger partial charge in [0.15, 0.2) is 12.1 Å². The lowest BCUT2D eigenvalue weighted by Crippen LogP contribution is -2.27. The van der Waals surface area contributed by atoms with Crippen LogP contribution in [-0.2, 0) is 10.1 Å². The highest BCUT2D eigenvalue weighted by Gasteiger charge is 2.48. The molecule has 0 amide bonds. The van der Waals surface area contributed by atoms with Gasteiger partial charge in [-0.2, -0.15) is 8.42 Å². The Labute approximate surface area is 250 Å². The van der Waals surface area contributed by atoms with E-state index < -0.39 is 10.1 Å². The molecule has 6 heteroatoms. The van der Waals surface area contributed by atoms with E-state index in [0.717, 1.165) is 16.8 Å². The second-order valence-electron chi connectivity index (χ2n) is 12.1. The summed E-state index contributed by atoms with van der Waals surface area (Å²) < 4.78 is 37.9. The Hall–Kier alpha value is -3.74. The molecule has 1 aliphatic rings. The highest BCUT2D eigenvalue weighted by molar-refractivity contribution is 7.86. The van der Waals surface area contributed by atoms with Crippen LogP contribution in [0, 0.1) is 0 Å². The van der Waals surface area contributed by atoms with Crippen molar-refractivity contribution in [2.45, 2.75) is 76.3 Å². The standard InChI is InChI=1S/C36H40N2O3S/c1-24(2)29-21-30(25(3)4)36(31(22-29)26(5)6)38-23-37(32-19-13-14-20-33(32)42(39,40)41)34(27-15-9-7-10-16-27)35(38)28-17-11-8-12-18-28/h7-26,34-35H,1-6H3/p+1/t34-,35-/m0/s1. The monoisotopic (exact) mass is 581 g/mol. The third kappa shape index (κ3) is 5.66. The molecule has 4 aromatic carbocycles. The van der Waals surface area contributed by atoms with Gasteiger partial charge in [-0.25, -0.2) is 9.48 Å². The molecule has 1 heterocycles. The molecule has 1 aliphatic heterocycles. The first-order chi connectivity index (χ1) is 20.0. The zero-order chi connectivity index (χ0) is 30.2. The van der Waals surface area contributed by atoms with Crippen molar-refractivity contribution in [3.63, 3.8) is 0 Å². The predicted molar refractivity (Wildman–Crippen MR) is 172 cm³/mol. The lowest BCUT2D eigenvalue weighted by atomic mass is 9.86. The average molecular weight is 582 g/mol. The summed E-state index contributed by atoms with van der Waals surface area (Å²) >= 11 is 0. The van der Waals surface area contributed by atoms with Crippen molar-refractivity contribution >= 4 is 27.8 Å². The molecule has 218 valence electrons. The molecule has 0 bridgehead atoms. The molecular weight excluding hydrogens is 540 g/mol. The minimum atomic E-state index is -4.48. The summed E-state index contributed by atoms with van der Waals surface area (Å²) in [6.45, 7) is 13.4. The van der Waals surface area contributed by atoms with Gasteiger partial charge in [-0.1, -0.05) is 126 Å². The largest absolute Gasteiger partial charge is 0.298 e. The van der Waals surface area contributed by atoms with Crippen LogP contribution in [-0.4, -0.2) is 23.9 Å². The van der Waals surface area contributed by atoms with Crippen molar-refractivity contribution < 1.29 is 17.5 Å². The molecule has 2 atom stereocenters. The van der Waals surface area contributed by atoms with Gasteiger partial charge in [0.25, 0.3) is 10.1 Å². The van der Waals surface area contributed by atoms with E-state index in [1.165, 1.54) is 22.8 Å². The molecule has 0 unspecified atom stereocenters. The Bertz CT molecular complexity index is 1670. The average Bonchev–Trinajstić information content (AvgIpc) is 3.37. The van der Waals surface area contributed by atoms with Crippen LogP contribution in [0.15, 0.2) is 102 Å². The minimum Gasteiger partial charge on any atom is -0.282 e. The van der Waals surface area contributed by atoms with Crippen LogP contribution in [0.25, 0.3) is 0 Å². The summed E-state index contributed by atoms with van der Waals surface area (Å²) in [6.07, 6.45) is 2.06. The zero-order valence-corrected chi connectivity index (χ0v) is 26.1. The SMILES string of the molecule is CC(C)c1cc(C(C)C)c([N+]2=CN(c3ccccc3S(=O)(=O)O)[C@@H](c3ccccc3)[C@@H]2c2ccccc2)c(C(C)C)c1. The predicted octanol–water partition coefficient (Wildman–Crippen LogP) is 8.98. The van der Waals surface area contributed by atoms with E-state index in [0.29, 0.717) is 11.6 Å². The number of benzene rings is 4. The van der Waals surface area contributed by atoms with Crippen LogP contribution in [0.2, 0.25) is 0 Å². The van der Waals surface area contributed by atoms with Crippen molar-refractivity contribution in [1.29, 1.82) is 0 Å². The van der Waals surface area contributed by atoms with Crippen molar-refractivity contribution in [1.82, 2.24) is 0 Å². The van der Waals surface area contributed by atoms with Crippen LogP contribution in [0.4, 0.5) is 11.4 Å². The first-order valence-electron chi connectivity index (χ1n) is 14.7. The van der Waals surface area contributed by atoms with Gasteiger partial charge in [0.2, 0.25) is 6.34 Å². The van der Waals surface area contributed by atoms with E-state index in [9.17, 15) is 13.0 Å². The van der Waals surface area contributed by atoms with E-state index in [4.69, 9.17) is 0 Å². The third-order valence-corrected chi connectivity index (χ3v) is 9.11. The van der Waals surface area contributed by atoms with E-state index in [-0.39, 0.29) is 28.8 Å². The van der Waals surface area contributed by atoms with E-state index in [1.54, 1.807) is 12.1 Å². The molecule has 0 aromatic heterocycles. The van der Waals surface area contributed by atoms with Crippen molar-refractivity contribution in [2.24, 2.45) is 0 Å². The third-order valence-electron chi connectivity index (χ3n) is 8.21. The van der Waals surface area contributed by atoms with Gasteiger partial charge in [-0.15, -0.1) is 0 Å². The smallest absolute Gasteiger partial charge is 0.282 e. The molecule has 5 nitrogen and oxygen atoms in total. The molecule has 4 aromatic rings. The second-order valence-corrected chi connectivity index (χ2v) is 13.5. The van der Waals surface area contributed by atoms with Crippen LogP contribution in [0.1, 0.15) is 99.2 Å². The van der Waals surface area contributed by atoms with Crippen LogP contribution in [0.5, 0.6) is 0 Å². The Morgan fingerprint density at radius 1 is 0.690 bits per heavy atom. The number of hydrogen-bond acceptors (Lipinski definition) is 3. The summed E-state index contributed by atoms with van der Waals surface area (Å²) in [5.41, 5.74) is 7.60. The van der Waals surface area contributed by atoms with Gasteiger partial charge in [-0.3, -0.25) is 4.55 Å². The van der Waals surface area contributed by atoms with E-state index >= 15 is 0 Å². The number of para-hydroxylation sites is 1. The van der Waals surface area contributed by atoms with Gasteiger partial charge < -0.3 is 0 Å². The molecule has 0 spiro atoms. The molecule has 5 rings (SSSR count). The quantitative estimate of drug-likeness (QED) is 0.167. The maximum Gasteiger partial charge on any atom is 0.298 e. The van der Waals surface area contributed by atoms with Crippen molar-refractivity contribution in [3.8, 4) is 0 Å². The molecule has 0 aliphatic carbocycles. The van der Waals surface area contributed by atoms with Crippen LogP contribution >= 0.6 is 0 Å². The van der Waals surface area contributed by atoms with Gasteiger partial charge in [-0.05, 0) is 35.4 Å². The minimum absolute atomic E-state index is 0.112. The van der Waals surface area contributed by atoms with Gasteiger partial charge in [0.1, 0.15) is 16.3 Å². The maximum atomic E-state index is 12.6. The van der Waals surface area contributed by atoms with E-state index in [1.807, 2.05) is 35.2 Å². The summed E-state index contributed by atoms with van der Waals surface area (Å²) in [5, 5.41) is 0. The summed E-state index contributed by atoms with van der Waals surface area (Å²) in [5.74, 6) is 0.905. The molecule has 1 N–H and O–H groups in total. The van der Waals surface area contributed by atoms with Crippen LogP contribution < -0.4 is 4.90 Å². The number of rotatable bonds is 8. The lowest BCUT2D eigenvalue weighted by molar-refractivity contribution is -0.482. The number of hydrogen-bond donors (Lipinski definition) is 1. The summed E-state index contributed by atoms with van der Waals surface area (Å²) in [4.78, 5) is 1.92. The highest BCUT2D eigenvalue weighted by atomic mass is 32.2. The summed E-state index contributed by atoms with van der Waals surface area (Å²) in [6, 6.07) is 31.6. The fraction of sp³-hybridized carbons (Fsp3) is 0.306. The summed E-state index contributed by atoms with van der Waals surface area (Å²) in [7, 11) is -4.48. The van der Waals surface area contributed by atoms with E-state index in [2.05, 4.69) is 101 Å². The molecule has 0 saturated carbocycles. The van der Waals surface area contributed by atoms with Crippen LogP contribution in [0.3, 0.4) is 0 Å². The Kier molecular flexibility index (Phi) is 8.40. The zero-order valence-electron chi connectivity index (χ0n) is 25.3. The second kappa shape index (κ2) is 11.9. The topological polar surface area (TPSA) is 60.6 Å². The molecular formula is C36H41N2O3S+. The highest BCUT2D eigenvalue weighted by Crippen LogP contribution is 2.49. The number of nitrogens with zero attached hydrogens (tertiary/aromatic N) is 2. The Balaban J connectivity index is 1.89. The fourth-order valence-corrected chi connectivity index (χ4v) is 6.77. The first kappa shape index (κ1) is 29.7. The lowest BCUT2D eigenvalue weighted by Gasteiger charge is -2.27. The Morgan fingerprint density at radius 3 is 1.69 bits per heavy atom. The van der Waals surface area contributed by atoms with Gasteiger partial charge >= 0.3 is 0 Å². The fourth-order valence-electron chi connectivity index (χ4n) is 6.08.